The number of fused-ring (bicyclic) bond motifs is 1. The van der Waals surface area contributed by atoms with Crippen LogP contribution in [-0.2, 0) is 6.54 Å². The molecule has 7 heteroatoms. The second kappa shape index (κ2) is 4.36. The fraction of sp³-hybridized carbons (Fsp3) is 0.250. The number of H-pyrrole nitrogens is 1. The highest BCUT2D eigenvalue weighted by Crippen LogP contribution is 2.24. The maximum absolute atomic E-state index is 9.47. The summed E-state index contributed by atoms with van der Waals surface area (Å²) in [6.45, 7) is 2.16. The molecule has 3 rings (SSSR count). The molecule has 7 nitrogen and oxygen atoms in total. The van der Waals surface area contributed by atoms with Crippen LogP contribution in [0.25, 0.3) is 22.3 Å². The lowest BCUT2D eigenvalue weighted by molar-refractivity contribution is 0.170. The van der Waals surface area contributed by atoms with Gasteiger partial charge in [0.05, 0.1) is 41.9 Å². The number of nitrogens with zero attached hydrogens (tertiary/aromatic N) is 4. The normalized spacial score (nSPS) is 12.9. The van der Waals surface area contributed by atoms with Crippen LogP contribution in [0.15, 0.2) is 24.7 Å². The van der Waals surface area contributed by atoms with Gasteiger partial charge < -0.3 is 10.8 Å². The van der Waals surface area contributed by atoms with Gasteiger partial charge in [0.2, 0.25) is 0 Å². The molecular formula is C12H14N6O. The van der Waals surface area contributed by atoms with Crippen molar-refractivity contribution in [3.63, 3.8) is 0 Å². The standard InChI is InChI=1S/C12H14N6O/c1-7(19)6-18-11-2-10(12-9(13)5-15-17-12)14-3-8(11)4-16-18/h2-5,7,19H,6,13H2,1H3,(H,15,17)/t7-/m1/s1. The lowest BCUT2D eigenvalue weighted by Gasteiger charge is -2.06. The smallest absolute Gasteiger partial charge is 0.106 e. The first-order chi connectivity index (χ1) is 9.15. The summed E-state index contributed by atoms with van der Waals surface area (Å²) in [4.78, 5) is 4.34. The van der Waals surface area contributed by atoms with E-state index in [0.717, 1.165) is 10.9 Å². The number of nitrogen functional groups attached to an aromatic ring is 1. The molecule has 0 unspecified atom stereocenters. The number of nitrogens with two attached hydrogens (primary N) is 1. The van der Waals surface area contributed by atoms with Gasteiger partial charge in [-0.1, -0.05) is 0 Å². The van der Waals surface area contributed by atoms with Gasteiger partial charge in [0.25, 0.3) is 0 Å². The van der Waals surface area contributed by atoms with Gasteiger partial charge in [-0.05, 0) is 13.0 Å². The SMILES string of the molecule is C[C@@H](O)Cn1ncc2cnc(-c3[nH]ncc3N)cc21. The quantitative estimate of drug-likeness (QED) is 0.644. The second-order valence-corrected chi connectivity index (χ2v) is 4.50. The minimum atomic E-state index is -0.461. The Bertz CT molecular complexity index is 714. The van der Waals surface area contributed by atoms with Crippen LogP contribution in [0.4, 0.5) is 5.69 Å². The molecule has 3 aromatic heterocycles. The zero-order valence-electron chi connectivity index (χ0n) is 10.4. The number of aliphatic hydroxyl groups excluding tert-OH is 1. The molecule has 0 saturated heterocycles. The maximum atomic E-state index is 9.47. The molecule has 1 atom stereocenters. The van der Waals surface area contributed by atoms with Crippen molar-refractivity contribution >= 4 is 16.6 Å². The molecule has 0 aliphatic heterocycles. The number of nitrogens with one attached hydrogen (secondary N) is 1. The van der Waals surface area contributed by atoms with Crippen LogP contribution in [0.2, 0.25) is 0 Å². The summed E-state index contributed by atoms with van der Waals surface area (Å²) in [5.41, 5.74) is 8.66. The van der Waals surface area contributed by atoms with Crippen LogP contribution in [0.1, 0.15) is 6.92 Å². The molecule has 3 heterocycles. The average molecular weight is 258 g/mol. The van der Waals surface area contributed by atoms with Gasteiger partial charge in [-0.15, -0.1) is 0 Å². The fourth-order valence-corrected chi connectivity index (χ4v) is 2.01. The van der Waals surface area contributed by atoms with Crippen LogP contribution in [0.5, 0.6) is 0 Å². The minimum absolute atomic E-state index is 0.436. The van der Waals surface area contributed by atoms with Crippen molar-refractivity contribution in [1.82, 2.24) is 25.0 Å². The molecule has 0 spiro atoms. The first-order valence-corrected chi connectivity index (χ1v) is 5.94. The Balaban J connectivity index is 2.11. The molecule has 0 aliphatic rings. The Morgan fingerprint density at radius 3 is 2.95 bits per heavy atom. The Morgan fingerprint density at radius 1 is 1.42 bits per heavy atom. The Hall–Kier alpha value is -2.41. The molecule has 0 saturated carbocycles. The highest BCUT2D eigenvalue weighted by atomic mass is 16.3. The summed E-state index contributed by atoms with van der Waals surface area (Å²) in [6.07, 6.45) is 4.55. The zero-order valence-corrected chi connectivity index (χ0v) is 10.4. The van der Waals surface area contributed by atoms with Gasteiger partial charge in [0, 0.05) is 11.6 Å². The first kappa shape index (κ1) is 11.7. The number of anilines is 1. The summed E-state index contributed by atoms with van der Waals surface area (Å²) in [5.74, 6) is 0. The third-order valence-corrected chi connectivity index (χ3v) is 2.89. The van der Waals surface area contributed by atoms with Gasteiger partial charge in [-0.2, -0.15) is 10.2 Å². The van der Waals surface area contributed by atoms with E-state index in [-0.39, 0.29) is 0 Å². The number of aliphatic hydroxyl groups is 1. The number of aromatic nitrogens is 5. The number of pyridine rings is 1. The molecule has 4 N–H and O–H groups in total. The molecule has 0 radical (unpaired) electrons. The van der Waals surface area contributed by atoms with E-state index < -0.39 is 6.10 Å². The third-order valence-electron chi connectivity index (χ3n) is 2.89. The van der Waals surface area contributed by atoms with E-state index in [1.54, 1.807) is 30.2 Å². The monoisotopic (exact) mass is 258 g/mol. The second-order valence-electron chi connectivity index (χ2n) is 4.50. The topological polar surface area (TPSA) is 106 Å². The average Bonchev–Trinajstić information content (AvgIpc) is 2.95. The Kier molecular flexibility index (Phi) is 2.68. The minimum Gasteiger partial charge on any atom is -0.396 e. The molecule has 98 valence electrons. The predicted octanol–water partition coefficient (Wildman–Crippen LogP) is 0.784. The summed E-state index contributed by atoms with van der Waals surface area (Å²) in [5, 5.41) is 21.3. The van der Waals surface area contributed by atoms with Gasteiger partial charge in [-0.25, -0.2) is 0 Å². The molecule has 0 bridgehead atoms. The number of hydrogen-bond acceptors (Lipinski definition) is 5. The van der Waals surface area contributed by atoms with Crippen LogP contribution in [0, 0.1) is 0 Å². The summed E-state index contributed by atoms with van der Waals surface area (Å²) in [7, 11) is 0. The van der Waals surface area contributed by atoms with Crippen molar-refractivity contribution < 1.29 is 5.11 Å². The largest absolute Gasteiger partial charge is 0.396 e. The van der Waals surface area contributed by atoms with Gasteiger partial charge in [-0.3, -0.25) is 14.8 Å². The Morgan fingerprint density at radius 2 is 2.26 bits per heavy atom. The highest BCUT2D eigenvalue weighted by Gasteiger charge is 2.10. The molecule has 3 aromatic rings. The predicted molar refractivity (Wildman–Crippen MR) is 71.2 cm³/mol. The van der Waals surface area contributed by atoms with Crippen molar-refractivity contribution in [3.8, 4) is 11.4 Å². The van der Waals surface area contributed by atoms with Crippen LogP contribution in [-0.4, -0.2) is 36.2 Å². The molecule has 0 amide bonds. The van der Waals surface area contributed by atoms with E-state index in [4.69, 9.17) is 5.73 Å². The summed E-state index contributed by atoms with van der Waals surface area (Å²) in [6, 6.07) is 1.88. The molecule has 0 fully saturated rings. The van der Waals surface area contributed by atoms with Crippen molar-refractivity contribution in [2.45, 2.75) is 19.6 Å². The lowest BCUT2D eigenvalue weighted by atomic mass is 10.2. The number of hydrogen-bond donors (Lipinski definition) is 3. The fourth-order valence-electron chi connectivity index (χ4n) is 2.01. The van der Waals surface area contributed by atoms with Crippen molar-refractivity contribution in [2.24, 2.45) is 0 Å². The summed E-state index contributed by atoms with van der Waals surface area (Å²) >= 11 is 0. The van der Waals surface area contributed by atoms with Gasteiger partial charge >= 0.3 is 0 Å². The van der Waals surface area contributed by atoms with Crippen LogP contribution in [0.3, 0.4) is 0 Å². The van der Waals surface area contributed by atoms with E-state index >= 15 is 0 Å². The first-order valence-electron chi connectivity index (χ1n) is 5.94. The Labute approximate surface area is 109 Å². The van der Waals surface area contributed by atoms with Crippen LogP contribution >= 0.6 is 0 Å². The van der Waals surface area contributed by atoms with E-state index in [1.165, 1.54) is 0 Å². The molecule has 19 heavy (non-hydrogen) atoms. The van der Waals surface area contributed by atoms with Crippen LogP contribution < -0.4 is 5.73 Å². The number of aromatic amines is 1. The van der Waals surface area contributed by atoms with Crippen molar-refractivity contribution in [2.75, 3.05) is 5.73 Å². The summed E-state index contributed by atoms with van der Waals surface area (Å²) < 4.78 is 1.75. The molecule has 0 aromatic carbocycles. The van der Waals surface area contributed by atoms with E-state index in [2.05, 4.69) is 20.3 Å². The van der Waals surface area contributed by atoms with E-state index in [0.29, 0.717) is 23.6 Å². The van der Waals surface area contributed by atoms with Gasteiger partial charge in [0.1, 0.15) is 5.69 Å². The highest BCUT2D eigenvalue weighted by molar-refractivity contribution is 5.83. The number of rotatable bonds is 3. The van der Waals surface area contributed by atoms with Gasteiger partial charge in [0.15, 0.2) is 0 Å². The van der Waals surface area contributed by atoms with Crippen molar-refractivity contribution in [1.29, 1.82) is 0 Å². The van der Waals surface area contributed by atoms with Crippen molar-refractivity contribution in [3.05, 3.63) is 24.7 Å². The third kappa shape index (κ3) is 2.04. The maximum Gasteiger partial charge on any atom is 0.106 e. The zero-order chi connectivity index (χ0) is 13.4. The lowest BCUT2D eigenvalue weighted by Crippen LogP contribution is -2.12. The molecule has 0 aliphatic carbocycles. The van der Waals surface area contributed by atoms with E-state index in [9.17, 15) is 5.11 Å². The molecular weight excluding hydrogens is 244 g/mol. The van der Waals surface area contributed by atoms with E-state index in [1.807, 2.05) is 6.07 Å².